The van der Waals surface area contributed by atoms with Gasteiger partial charge in [-0.05, 0) is 6.07 Å². The molecule has 0 spiro atoms. The van der Waals surface area contributed by atoms with Crippen molar-refractivity contribution in [2.75, 3.05) is 12.8 Å². The highest BCUT2D eigenvalue weighted by Crippen LogP contribution is 2.27. The zero-order chi connectivity index (χ0) is 12.6. The highest BCUT2D eigenvalue weighted by atomic mass is 19.2. The summed E-state index contributed by atoms with van der Waals surface area (Å²) >= 11 is 0. The molecule has 2 N–H and O–H groups in total. The normalized spacial score (nSPS) is 11.1. The molecule has 90 valence electrons. The number of benzene rings is 1. The van der Waals surface area contributed by atoms with Crippen molar-refractivity contribution in [1.29, 1.82) is 0 Å². The first kappa shape index (κ1) is 11.7. The molecule has 0 atom stereocenters. The molecule has 0 fully saturated rings. The molecule has 0 saturated heterocycles. The molecular formula is C11H9F3N2O. The number of anilines is 1. The van der Waals surface area contributed by atoms with Crippen molar-refractivity contribution in [3.05, 3.63) is 35.3 Å². The summed E-state index contributed by atoms with van der Waals surface area (Å²) in [6.45, 7) is 0.154. The fourth-order valence-corrected chi connectivity index (χ4v) is 1.61. The van der Waals surface area contributed by atoms with Crippen molar-refractivity contribution in [3.63, 3.8) is 0 Å². The highest BCUT2D eigenvalue weighted by molar-refractivity contribution is 5.90. The van der Waals surface area contributed by atoms with Gasteiger partial charge in [0.2, 0.25) is 0 Å². The summed E-state index contributed by atoms with van der Waals surface area (Å²) in [5.74, 6) is -4.17. The van der Waals surface area contributed by atoms with Gasteiger partial charge < -0.3 is 10.5 Å². The molecule has 0 saturated carbocycles. The van der Waals surface area contributed by atoms with Crippen molar-refractivity contribution in [2.24, 2.45) is 0 Å². The summed E-state index contributed by atoms with van der Waals surface area (Å²) in [5.41, 5.74) is 5.97. The molecule has 0 bridgehead atoms. The number of hydrogen-bond donors (Lipinski definition) is 1. The van der Waals surface area contributed by atoms with Gasteiger partial charge in [0.05, 0.1) is 23.2 Å². The van der Waals surface area contributed by atoms with E-state index in [-0.39, 0.29) is 23.2 Å². The van der Waals surface area contributed by atoms with Gasteiger partial charge in [0.15, 0.2) is 17.5 Å². The number of halogens is 3. The van der Waals surface area contributed by atoms with Crippen LogP contribution in [-0.2, 0) is 11.3 Å². The predicted molar refractivity (Wildman–Crippen MR) is 56.7 cm³/mol. The number of fused-ring (bicyclic) bond motifs is 1. The van der Waals surface area contributed by atoms with Crippen LogP contribution in [-0.4, -0.2) is 12.1 Å². The minimum Gasteiger partial charge on any atom is -0.398 e. The third-order valence-electron chi connectivity index (χ3n) is 2.31. The van der Waals surface area contributed by atoms with Crippen LogP contribution in [0, 0.1) is 17.5 Å². The second kappa shape index (κ2) is 4.21. The monoisotopic (exact) mass is 242 g/mol. The Morgan fingerprint density at radius 3 is 2.59 bits per heavy atom. The van der Waals surface area contributed by atoms with Crippen LogP contribution in [0.2, 0.25) is 0 Å². The minimum atomic E-state index is -1.55. The summed E-state index contributed by atoms with van der Waals surface area (Å²) < 4.78 is 44.4. The van der Waals surface area contributed by atoms with Crippen molar-refractivity contribution < 1.29 is 17.9 Å². The first-order valence-electron chi connectivity index (χ1n) is 4.76. The zero-order valence-corrected chi connectivity index (χ0v) is 8.93. The van der Waals surface area contributed by atoms with Crippen LogP contribution >= 0.6 is 0 Å². The summed E-state index contributed by atoms with van der Waals surface area (Å²) in [6, 6.07) is 2.18. The molecule has 0 aliphatic carbocycles. The Bertz CT molecular complexity index is 587. The second-order valence-corrected chi connectivity index (χ2v) is 3.52. The van der Waals surface area contributed by atoms with Gasteiger partial charge in [-0.2, -0.15) is 0 Å². The Labute approximate surface area is 95.0 Å². The average molecular weight is 242 g/mol. The Hall–Kier alpha value is -1.82. The van der Waals surface area contributed by atoms with Crippen LogP contribution in [0.3, 0.4) is 0 Å². The van der Waals surface area contributed by atoms with Crippen LogP contribution in [0.25, 0.3) is 10.9 Å². The van der Waals surface area contributed by atoms with E-state index in [1.807, 2.05) is 0 Å². The fourth-order valence-electron chi connectivity index (χ4n) is 1.61. The third-order valence-corrected chi connectivity index (χ3v) is 2.31. The van der Waals surface area contributed by atoms with E-state index in [1.165, 1.54) is 13.2 Å². The van der Waals surface area contributed by atoms with Gasteiger partial charge >= 0.3 is 0 Å². The average Bonchev–Trinajstić information content (AvgIpc) is 2.25. The second-order valence-electron chi connectivity index (χ2n) is 3.52. The van der Waals surface area contributed by atoms with Crippen LogP contribution in [0.15, 0.2) is 12.1 Å². The lowest BCUT2D eigenvalue weighted by molar-refractivity contribution is 0.182. The Morgan fingerprint density at radius 1 is 1.24 bits per heavy atom. The maximum atomic E-state index is 13.5. The van der Waals surface area contributed by atoms with Crippen molar-refractivity contribution >= 4 is 16.6 Å². The van der Waals surface area contributed by atoms with E-state index in [2.05, 4.69) is 4.98 Å². The van der Waals surface area contributed by atoms with Gasteiger partial charge in [-0.15, -0.1) is 0 Å². The number of nitrogens with two attached hydrogens (primary N) is 1. The van der Waals surface area contributed by atoms with Crippen molar-refractivity contribution in [1.82, 2.24) is 4.98 Å². The number of nitrogen functional groups attached to an aromatic ring is 1. The zero-order valence-electron chi connectivity index (χ0n) is 8.93. The Balaban J connectivity index is 2.77. The molecular weight excluding hydrogens is 233 g/mol. The first-order valence-corrected chi connectivity index (χ1v) is 4.76. The number of ether oxygens (including phenoxy) is 1. The van der Waals surface area contributed by atoms with E-state index in [4.69, 9.17) is 10.5 Å². The van der Waals surface area contributed by atoms with Gasteiger partial charge in [0, 0.05) is 18.9 Å². The minimum absolute atomic E-state index is 0.00144. The maximum absolute atomic E-state index is 13.5. The molecule has 2 rings (SSSR count). The molecule has 0 unspecified atom stereocenters. The number of pyridine rings is 1. The van der Waals surface area contributed by atoms with Gasteiger partial charge in [-0.25, -0.2) is 18.2 Å². The number of rotatable bonds is 2. The summed E-state index contributed by atoms with van der Waals surface area (Å²) in [4.78, 5) is 3.94. The SMILES string of the molecule is COCc1cc(N)c2c(F)c(F)c(F)cc2n1. The van der Waals surface area contributed by atoms with Crippen LogP contribution in [0.1, 0.15) is 5.69 Å². The number of hydrogen-bond acceptors (Lipinski definition) is 3. The standard InChI is InChI=1S/C11H9F3N2O/c1-17-4-5-2-7(15)9-8(16-5)3-6(12)10(13)11(9)14/h2-3H,4H2,1H3,(H2,15,16). The Kier molecular flexibility index (Phi) is 2.89. The number of methoxy groups -OCH3 is 1. The van der Waals surface area contributed by atoms with Gasteiger partial charge in [0.1, 0.15) is 0 Å². The lowest BCUT2D eigenvalue weighted by atomic mass is 10.1. The third kappa shape index (κ3) is 1.91. The summed E-state index contributed by atoms with van der Waals surface area (Å²) in [6.07, 6.45) is 0. The Morgan fingerprint density at radius 2 is 1.94 bits per heavy atom. The molecule has 0 aliphatic heterocycles. The van der Waals surface area contributed by atoms with Crippen LogP contribution < -0.4 is 5.73 Å². The highest BCUT2D eigenvalue weighted by Gasteiger charge is 2.17. The quantitative estimate of drug-likeness (QED) is 0.822. The maximum Gasteiger partial charge on any atom is 0.195 e. The number of nitrogens with zero attached hydrogens (tertiary/aromatic N) is 1. The lowest BCUT2D eigenvalue weighted by Crippen LogP contribution is -2.01. The molecule has 3 nitrogen and oxygen atoms in total. The van der Waals surface area contributed by atoms with Gasteiger partial charge in [-0.1, -0.05) is 0 Å². The molecule has 0 radical (unpaired) electrons. The van der Waals surface area contributed by atoms with Crippen LogP contribution in [0.5, 0.6) is 0 Å². The molecule has 0 amide bonds. The number of aromatic nitrogens is 1. The molecule has 17 heavy (non-hydrogen) atoms. The molecule has 0 aliphatic rings. The molecule has 1 aromatic heterocycles. The van der Waals surface area contributed by atoms with Crippen molar-refractivity contribution in [3.8, 4) is 0 Å². The molecule has 1 heterocycles. The van der Waals surface area contributed by atoms with Gasteiger partial charge in [-0.3, -0.25) is 0 Å². The van der Waals surface area contributed by atoms with Crippen LogP contribution in [0.4, 0.5) is 18.9 Å². The summed E-state index contributed by atoms with van der Waals surface area (Å²) in [5, 5.41) is -0.219. The molecule has 1 aromatic carbocycles. The summed E-state index contributed by atoms with van der Waals surface area (Å²) in [7, 11) is 1.45. The van der Waals surface area contributed by atoms with E-state index >= 15 is 0 Å². The van der Waals surface area contributed by atoms with E-state index < -0.39 is 17.5 Å². The fraction of sp³-hybridized carbons (Fsp3) is 0.182. The molecule has 6 heteroatoms. The topological polar surface area (TPSA) is 48.1 Å². The lowest BCUT2D eigenvalue weighted by Gasteiger charge is -2.07. The first-order chi connectivity index (χ1) is 8.04. The predicted octanol–water partition coefficient (Wildman–Crippen LogP) is 2.38. The van der Waals surface area contributed by atoms with Gasteiger partial charge in [0.25, 0.3) is 0 Å². The van der Waals surface area contributed by atoms with E-state index in [9.17, 15) is 13.2 Å². The largest absolute Gasteiger partial charge is 0.398 e. The van der Waals surface area contributed by atoms with E-state index in [1.54, 1.807) is 0 Å². The molecule has 2 aromatic rings. The van der Waals surface area contributed by atoms with Crippen molar-refractivity contribution in [2.45, 2.75) is 6.61 Å². The smallest absolute Gasteiger partial charge is 0.195 e. The van der Waals surface area contributed by atoms with E-state index in [0.717, 1.165) is 6.07 Å². The van der Waals surface area contributed by atoms with E-state index in [0.29, 0.717) is 5.69 Å².